The second-order valence-electron chi connectivity index (χ2n) is 2.85. The van der Waals surface area contributed by atoms with E-state index in [1.54, 1.807) is 11.9 Å². The maximum atomic E-state index is 9.07. The molecule has 0 amide bonds. The van der Waals surface area contributed by atoms with Gasteiger partial charge in [-0.15, -0.1) is 0 Å². The van der Waals surface area contributed by atoms with Crippen LogP contribution in [0, 0.1) is 0 Å². The summed E-state index contributed by atoms with van der Waals surface area (Å²) in [5.41, 5.74) is 0. The predicted molar refractivity (Wildman–Crippen MR) is 35.5 cm³/mol. The molecule has 0 spiro atoms. The number of aliphatic hydroxyl groups is 3. The van der Waals surface area contributed by atoms with Gasteiger partial charge in [-0.1, -0.05) is 0 Å². The van der Waals surface area contributed by atoms with Crippen LogP contribution in [0.5, 0.6) is 0 Å². The van der Waals surface area contributed by atoms with E-state index in [4.69, 9.17) is 15.3 Å². The van der Waals surface area contributed by atoms with Gasteiger partial charge in [0.05, 0.1) is 12.2 Å². The molecular formula is C6H13NO3. The number of hydrogen-bond donors (Lipinski definition) is 3. The molecule has 0 saturated carbocycles. The van der Waals surface area contributed by atoms with E-state index in [2.05, 4.69) is 0 Å². The van der Waals surface area contributed by atoms with Crippen molar-refractivity contribution in [3.8, 4) is 0 Å². The zero-order chi connectivity index (χ0) is 7.72. The van der Waals surface area contributed by atoms with Crippen molar-refractivity contribution in [2.75, 3.05) is 20.1 Å². The molecule has 60 valence electrons. The van der Waals surface area contributed by atoms with E-state index in [1.807, 2.05) is 0 Å². The molecule has 0 aromatic rings. The molecule has 1 aliphatic rings. The van der Waals surface area contributed by atoms with Crippen molar-refractivity contribution >= 4 is 0 Å². The maximum absolute atomic E-state index is 9.07. The standard InChI is InChI=1S/C6H13NO3/c1-7-2-4(8)6(10)5(9)3-7/h4-6,8-10H,2-3H2,1H3/t4-,5+,6?. The highest BCUT2D eigenvalue weighted by Gasteiger charge is 2.31. The summed E-state index contributed by atoms with van der Waals surface area (Å²) in [4.78, 5) is 1.78. The van der Waals surface area contributed by atoms with E-state index in [1.165, 1.54) is 0 Å². The smallest absolute Gasteiger partial charge is 0.108 e. The predicted octanol–water partition coefficient (Wildman–Crippen LogP) is -1.99. The number of piperidine rings is 1. The third kappa shape index (κ3) is 1.46. The first kappa shape index (κ1) is 7.94. The summed E-state index contributed by atoms with van der Waals surface area (Å²) in [5.74, 6) is 0. The summed E-state index contributed by atoms with van der Waals surface area (Å²) in [6, 6.07) is 0. The van der Waals surface area contributed by atoms with E-state index >= 15 is 0 Å². The summed E-state index contributed by atoms with van der Waals surface area (Å²) < 4.78 is 0. The molecule has 0 aromatic heterocycles. The topological polar surface area (TPSA) is 63.9 Å². The van der Waals surface area contributed by atoms with Crippen LogP contribution in [0.3, 0.4) is 0 Å². The van der Waals surface area contributed by atoms with Gasteiger partial charge in [0.15, 0.2) is 0 Å². The number of nitrogens with zero attached hydrogens (tertiary/aromatic N) is 1. The summed E-state index contributed by atoms with van der Waals surface area (Å²) in [6.07, 6.45) is -2.60. The zero-order valence-corrected chi connectivity index (χ0v) is 5.94. The molecule has 0 bridgehead atoms. The van der Waals surface area contributed by atoms with E-state index in [0.29, 0.717) is 13.1 Å². The lowest BCUT2D eigenvalue weighted by Crippen LogP contribution is -2.53. The lowest BCUT2D eigenvalue weighted by atomic mass is 10.0. The molecule has 4 nitrogen and oxygen atoms in total. The molecular weight excluding hydrogens is 134 g/mol. The van der Waals surface area contributed by atoms with Crippen LogP contribution in [0.2, 0.25) is 0 Å². The number of rotatable bonds is 0. The van der Waals surface area contributed by atoms with Crippen LogP contribution in [0.4, 0.5) is 0 Å². The molecule has 1 rings (SSSR count). The molecule has 0 aromatic carbocycles. The average molecular weight is 147 g/mol. The first-order chi connectivity index (χ1) is 4.61. The van der Waals surface area contributed by atoms with Crippen molar-refractivity contribution in [3.63, 3.8) is 0 Å². The molecule has 0 radical (unpaired) electrons. The van der Waals surface area contributed by atoms with Crippen molar-refractivity contribution in [3.05, 3.63) is 0 Å². The van der Waals surface area contributed by atoms with Gasteiger partial charge >= 0.3 is 0 Å². The Balaban J connectivity index is 2.49. The minimum absolute atomic E-state index is 0.429. The van der Waals surface area contributed by atoms with Crippen molar-refractivity contribution in [2.45, 2.75) is 18.3 Å². The van der Waals surface area contributed by atoms with Crippen LogP contribution in [-0.2, 0) is 0 Å². The van der Waals surface area contributed by atoms with Crippen LogP contribution in [0.25, 0.3) is 0 Å². The number of likely N-dealkylation sites (tertiary alicyclic amines) is 1. The highest BCUT2D eigenvalue weighted by Crippen LogP contribution is 2.09. The normalized spacial score (nSPS) is 43.8. The summed E-state index contributed by atoms with van der Waals surface area (Å²) in [7, 11) is 1.79. The van der Waals surface area contributed by atoms with Crippen LogP contribution in [-0.4, -0.2) is 58.7 Å². The highest BCUT2D eigenvalue weighted by molar-refractivity contribution is 4.84. The largest absolute Gasteiger partial charge is 0.389 e. The fourth-order valence-electron chi connectivity index (χ4n) is 1.19. The minimum atomic E-state index is -0.976. The van der Waals surface area contributed by atoms with Gasteiger partial charge in [-0.2, -0.15) is 0 Å². The first-order valence-corrected chi connectivity index (χ1v) is 3.34. The third-order valence-corrected chi connectivity index (χ3v) is 1.79. The number of hydrogen-bond acceptors (Lipinski definition) is 4. The highest BCUT2D eigenvalue weighted by atomic mass is 16.4. The molecule has 3 atom stereocenters. The second kappa shape index (κ2) is 2.84. The Labute approximate surface area is 59.7 Å². The van der Waals surface area contributed by atoms with Gasteiger partial charge in [0, 0.05) is 13.1 Å². The fraction of sp³-hybridized carbons (Fsp3) is 1.00. The number of aliphatic hydroxyl groups excluding tert-OH is 3. The Hall–Kier alpha value is -0.160. The Kier molecular flexibility index (Phi) is 2.25. The lowest BCUT2D eigenvalue weighted by Gasteiger charge is -2.34. The van der Waals surface area contributed by atoms with Crippen LogP contribution in [0.1, 0.15) is 0 Å². The van der Waals surface area contributed by atoms with Crippen molar-refractivity contribution in [2.24, 2.45) is 0 Å². The molecule has 10 heavy (non-hydrogen) atoms. The van der Waals surface area contributed by atoms with Gasteiger partial charge < -0.3 is 20.2 Å². The van der Waals surface area contributed by atoms with E-state index in [0.717, 1.165) is 0 Å². The quantitative estimate of drug-likeness (QED) is 0.371. The van der Waals surface area contributed by atoms with Gasteiger partial charge in [-0.05, 0) is 7.05 Å². The van der Waals surface area contributed by atoms with Crippen LogP contribution < -0.4 is 0 Å². The third-order valence-electron chi connectivity index (χ3n) is 1.79. The lowest BCUT2D eigenvalue weighted by molar-refractivity contribution is -0.104. The molecule has 1 fully saturated rings. The molecule has 4 heteroatoms. The van der Waals surface area contributed by atoms with Crippen molar-refractivity contribution < 1.29 is 15.3 Å². The van der Waals surface area contributed by atoms with Crippen LogP contribution in [0.15, 0.2) is 0 Å². The Bertz CT molecular complexity index is 108. The Morgan fingerprint density at radius 3 is 1.90 bits per heavy atom. The second-order valence-corrected chi connectivity index (χ2v) is 2.85. The van der Waals surface area contributed by atoms with Gasteiger partial charge in [-0.25, -0.2) is 0 Å². The summed E-state index contributed by atoms with van der Waals surface area (Å²) in [6.45, 7) is 0.858. The van der Waals surface area contributed by atoms with Crippen molar-refractivity contribution in [1.29, 1.82) is 0 Å². The number of β-amino-alcohol motifs (C(OH)–C–C–N with tert-alkyl or cyclic N) is 2. The molecule has 3 N–H and O–H groups in total. The monoisotopic (exact) mass is 147 g/mol. The number of likely N-dealkylation sites (N-methyl/N-ethyl adjacent to an activating group) is 1. The first-order valence-electron chi connectivity index (χ1n) is 3.34. The van der Waals surface area contributed by atoms with Gasteiger partial charge in [0.1, 0.15) is 6.10 Å². The molecule has 0 aliphatic carbocycles. The minimum Gasteiger partial charge on any atom is -0.389 e. The Morgan fingerprint density at radius 1 is 1.10 bits per heavy atom. The van der Waals surface area contributed by atoms with Gasteiger partial charge in [0.2, 0.25) is 0 Å². The molecule has 1 aliphatic heterocycles. The molecule has 1 saturated heterocycles. The van der Waals surface area contributed by atoms with E-state index in [9.17, 15) is 0 Å². The molecule has 1 unspecified atom stereocenters. The average Bonchev–Trinajstić information content (AvgIpc) is 1.82. The summed E-state index contributed by atoms with van der Waals surface area (Å²) >= 11 is 0. The van der Waals surface area contributed by atoms with E-state index < -0.39 is 18.3 Å². The fourth-order valence-corrected chi connectivity index (χ4v) is 1.19. The van der Waals surface area contributed by atoms with Gasteiger partial charge in [-0.3, -0.25) is 0 Å². The van der Waals surface area contributed by atoms with Crippen LogP contribution >= 0.6 is 0 Å². The molecule has 1 heterocycles. The zero-order valence-electron chi connectivity index (χ0n) is 5.94. The summed E-state index contributed by atoms with van der Waals surface area (Å²) in [5, 5.41) is 27.2. The van der Waals surface area contributed by atoms with Gasteiger partial charge in [0.25, 0.3) is 0 Å². The van der Waals surface area contributed by atoms with Crippen molar-refractivity contribution in [1.82, 2.24) is 4.90 Å². The van der Waals surface area contributed by atoms with E-state index in [-0.39, 0.29) is 0 Å². The Morgan fingerprint density at radius 2 is 1.50 bits per heavy atom. The SMILES string of the molecule is CN1C[C@@H](O)C(O)[C@@H](O)C1. The maximum Gasteiger partial charge on any atom is 0.108 e.